The van der Waals surface area contributed by atoms with Gasteiger partial charge in [0.05, 0.1) is 0 Å². The predicted molar refractivity (Wildman–Crippen MR) is 35.8 cm³/mol. The average molecular weight is 132 g/mol. The van der Waals surface area contributed by atoms with Crippen molar-refractivity contribution in [2.45, 2.75) is 13.8 Å². The van der Waals surface area contributed by atoms with Gasteiger partial charge in [-0.2, -0.15) is 0 Å². The first-order valence-corrected chi connectivity index (χ1v) is 2.99. The van der Waals surface area contributed by atoms with Crippen LogP contribution < -0.4 is 0 Å². The van der Waals surface area contributed by atoms with Gasteiger partial charge in [0, 0.05) is 13.7 Å². The van der Waals surface area contributed by atoms with E-state index in [0.29, 0.717) is 12.5 Å². The van der Waals surface area contributed by atoms with E-state index in [1.807, 2.05) is 13.8 Å². The van der Waals surface area contributed by atoms with E-state index in [0.717, 1.165) is 0 Å². The largest absolute Gasteiger partial charge is 0.636 e. The SMILES string of the molecule is COB(O)OCC(C)C. The van der Waals surface area contributed by atoms with Crippen LogP contribution in [-0.2, 0) is 9.31 Å². The molecule has 0 aliphatic rings. The zero-order valence-electron chi connectivity index (χ0n) is 6.13. The van der Waals surface area contributed by atoms with E-state index < -0.39 is 7.32 Å². The fraction of sp³-hybridized carbons (Fsp3) is 1.00. The monoisotopic (exact) mass is 132 g/mol. The summed E-state index contributed by atoms with van der Waals surface area (Å²) in [5.41, 5.74) is 0. The van der Waals surface area contributed by atoms with E-state index in [-0.39, 0.29) is 0 Å². The molecule has 0 radical (unpaired) electrons. The van der Waals surface area contributed by atoms with Crippen molar-refractivity contribution in [2.75, 3.05) is 13.7 Å². The lowest BCUT2D eigenvalue weighted by Gasteiger charge is -2.06. The molecule has 0 atom stereocenters. The van der Waals surface area contributed by atoms with Gasteiger partial charge in [-0.1, -0.05) is 13.8 Å². The second kappa shape index (κ2) is 4.79. The summed E-state index contributed by atoms with van der Waals surface area (Å²) in [5, 5.41) is 8.66. The Hall–Kier alpha value is -0.0551. The summed E-state index contributed by atoms with van der Waals surface area (Å²) >= 11 is 0. The summed E-state index contributed by atoms with van der Waals surface area (Å²) in [6.07, 6.45) is 0. The zero-order chi connectivity index (χ0) is 7.28. The topological polar surface area (TPSA) is 38.7 Å². The van der Waals surface area contributed by atoms with Gasteiger partial charge in [0.25, 0.3) is 0 Å². The fourth-order valence-electron chi connectivity index (χ4n) is 0.343. The van der Waals surface area contributed by atoms with Crippen molar-refractivity contribution in [3.8, 4) is 0 Å². The lowest BCUT2D eigenvalue weighted by atomic mass is 10.2. The summed E-state index contributed by atoms with van der Waals surface area (Å²) in [6.45, 7) is 4.53. The smallest absolute Gasteiger partial charge is 0.402 e. The third kappa shape index (κ3) is 5.82. The summed E-state index contributed by atoms with van der Waals surface area (Å²) in [6, 6.07) is 0. The molecule has 0 aliphatic heterocycles. The second-order valence-corrected chi connectivity index (χ2v) is 2.27. The molecule has 0 aromatic rings. The summed E-state index contributed by atoms with van der Waals surface area (Å²) in [5.74, 6) is 0.426. The van der Waals surface area contributed by atoms with E-state index in [1.54, 1.807) is 0 Å². The van der Waals surface area contributed by atoms with Crippen molar-refractivity contribution in [1.29, 1.82) is 0 Å². The fourth-order valence-corrected chi connectivity index (χ4v) is 0.343. The van der Waals surface area contributed by atoms with Crippen molar-refractivity contribution in [1.82, 2.24) is 0 Å². The maximum Gasteiger partial charge on any atom is 0.636 e. The second-order valence-electron chi connectivity index (χ2n) is 2.27. The van der Waals surface area contributed by atoms with Crippen LogP contribution >= 0.6 is 0 Å². The Morgan fingerprint density at radius 2 is 2.11 bits per heavy atom. The van der Waals surface area contributed by atoms with E-state index >= 15 is 0 Å². The van der Waals surface area contributed by atoms with Gasteiger partial charge in [0.1, 0.15) is 0 Å². The third-order valence-corrected chi connectivity index (χ3v) is 0.774. The van der Waals surface area contributed by atoms with Gasteiger partial charge < -0.3 is 14.3 Å². The van der Waals surface area contributed by atoms with Crippen LogP contribution in [0.3, 0.4) is 0 Å². The lowest BCUT2D eigenvalue weighted by Crippen LogP contribution is -2.22. The summed E-state index contributed by atoms with van der Waals surface area (Å²) in [7, 11) is 0.331. The highest BCUT2D eigenvalue weighted by molar-refractivity contribution is 6.34. The average Bonchev–Trinajstić information content (AvgIpc) is 1.83. The van der Waals surface area contributed by atoms with Crippen LogP contribution in [0.4, 0.5) is 0 Å². The van der Waals surface area contributed by atoms with E-state index in [4.69, 9.17) is 9.68 Å². The van der Waals surface area contributed by atoms with Crippen LogP contribution in [0.1, 0.15) is 13.8 Å². The Labute approximate surface area is 56.1 Å². The molecule has 0 aromatic heterocycles. The molecule has 0 aromatic carbocycles. The quantitative estimate of drug-likeness (QED) is 0.558. The minimum absolute atomic E-state index is 0.426. The van der Waals surface area contributed by atoms with Crippen molar-refractivity contribution in [3.63, 3.8) is 0 Å². The minimum Gasteiger partial charge on any atom is -0.402 e. The van der Waals surface area contributed by atoms with Crippen molar-refractivity contribution >= 4 is 7.32 Å². The highest BCUT2D eigenvalue weighted by Gasteiger charge is 2.12. The molecule has 0 heterocycles. The predicted octanol–water partition coefficient (Wildman–Crippen LogP) is 0.283. The first-order valence-electron chi connectivity index (χ1n) is 2.99. The van der Waals surface area contributed by atoms with Crippen LogP contribution in [0, 0.1) is 5.92 Å². The number of hydrogen-bond acceptors (Lipinski definition) is 3. The Morgan fingerprint density at radius 3 is 2.44 bits per heavy atom. The molecule has 0 unspecified atom stereocenters. The molecular formula is C5H13BO3. The van der Waals surface area contributed by atoms with Crippen LogP contribution in [0.15, 0.2) is 0 Å². The first-order chi connectivity index (χ1) is 4.16. The zero-order valence-corrected chi connectivity index (χ0v) is 6.13. The molecule has 0 bridgehead atoms. The van der Waals surface area contributed by atoms with Crippen LogP contribution in [0.5, 0.6) is 0 Å². The standard InChI is InChI=1S/C5H13BO3/c1-5(2)4-9-6(7)8-3/h5,7H,4H2,1-3H3. The molecule has 0 saturated heterocycles. The van der Waals surface area contributed by atoms with Crippen LogP contribution in [-0.4, -0.2) is 26.1 Å². The Morgan fingerprint density at radius 1 is 1.56 bits per heavy atom. The highest BCUT2D eigenvalue weighted by atomic mass is 16.7. The normalized spacial score (nSPS) is 10.3. The molecule has 4 heteroatoms. The first kappa shape index (κ1) is 8.94. The molecule has 0 spiro atoms. The van der Waals surface area contributed by atoms with Gasteiger partial charge in [-0.05, 0) is 5.92 Å². The molecule has 1 N–H and O–H groups in total. The number of hydrogen-bond donors (Lipinski definition) is 1. The highest BCUT2D eigenvalue weighted by Crippen LogP contribution is 1.93. The van der Waals surface area contributed by atoms with E-state index in [2.05, 4.69) is 4.65 Å². The van der Waals surface area contributed by atoms with Gasteiger partial charge in [0.2, 0.25) is 0 Å². The molecule has 54 valence electrons. The van der Waals surface area contributed by atoms with Crippen LogP contribution in [0.25, 0.3) is 0 Å². The molecule has 0 amide bonds. The van der Waals surface area contributed by atoms with Gasteiger partial charge in [-0.25, -0.2) is 0 Å². The van der Waals surface area contributed by atoms with Crippen molar-refractivity contribution in [2.24, 2.45) is 5.92 Å². The van der Waals surface area contributed by atoms with E-state index in [1.165, 1.54) is 7.11 Å². The van der Waals surface area contributed by atoms with Gasteiger partial charge in [-0.15, -0.1) is 0 Å². The molecule has 3 nitrogen and oxygen atoms in total. The maximum atomic E-state index is 8.66. The van der Waals surface area contributed by atoms with Crippen LogP contribution in [0.2, 0.25) is 0 Å². The molecule has 0 aliphatic carbocycles. The van der Waals surface area contributed by atoms with E-state index in [9.17, 15) is 0 Å². The minimum atomic E-state index is -1.06. The lowest BCUT2D eigenvalue weighted by molar-refractivity contribution is 0.142. The van der Waals surface area contributed by atoms with Gasteiger partial charge in [-0.3, -0.25) is 0 Å². The maximum absolute atomic E-state index is 8.66. The van der Waals surface area contributed by atoms with Gasteiger partial charge in [0.15, 0.2) is 0 Å². The van der Waals surface area contributed by atoms with Crippen molar-refractivity contribution < 1.29 is 14.3 Å². The molecule has 0 saturated carbocycles. The Kier molecular flexibility index (Phi) is 4.76. The summed E-state index contributed by atoms with van der Waals surface area (Å²) < 4.78 is 9.22. The Bertz CT molecular complexity index is 67.2. The molecule has 9 heavy (non-hydrogen) atoms. The van der Waals surface area contributed by atoms with Crippen molar-refractivity contribution in [3.05, 3.63) is 0 Å². The molecule has 0 rings (SSSR count). The van der Waals surface area contributed by atoms with Gasteiger partial charge >= 0.3 is 7.32 Å². The molecular weight excluding hydrogens is 119 g/mol. The summed E-state index contributed by atoms with van der Waals surface area (Å²) in [4.78, 5) is 0. The molecule has 0 fully saturated rings. The third-order valence-electron chi connectivity index (χ3n) is 0.774. The Balaban J connectivity index is 3.06. The number of rotatable bonds is 4.